The Hall–Kier alpha value is -3.29. The van der Waals surface area contributed by atoms with Crippen molar-refractivity contribution in [2.24, 2.45) is 5.14 Å². The van der Waals surface area contributed by atoms with E-state index in [-0.39, 0.29) is 4.90 Å². The minimum atomic E-state index is -3.70. The van der Waals surface area contributed by atoms with Crippen molar-refractivity contribution >= 4 is 10.0 Å². The van der Waals surface area contributed by atoms with Gasteiger partial charge in [0.2, 0.25) is 10.0 Å². The van der Waals surface area contributed by atoms with Crippen molar-refractivity contribution in [3.63, 3.8) is 0 Å². The van der Waals surface area contributed by atoms with Crippen LogP contribution in [0, 0.1) is 6.92 Å². The second kappa shape index (κ2) is 7.85. The van der Waals surface area contributed by atoms with E-state index in [9.17, 15) is 8.42 Å². The van der Waals surface area contributed by atoms with Crippen LogP contribution in [-0.4, -0.2) is 23.6 Å². The van der Waals surface area contributed by atoms with Crippen LogP contribution in [0.5, 0.6) is 0 Å². The Balaban J connectivity index is 1.79. The van der Waals surface area contributed by atoms with Crippen molar-refractivity contribution in [1.82, 2.24) is 15.2 Å². The molecule has 7 heteroatoms. The fourth-order valence-electron chi connectivity index (χ4n) is 3.65. The second-order valence-electron chi connectivity index (χ2n) is 7.10. The van der Waals surface area contributed by atoms with Crippen molar-refractivity contribution in [2.75, 3.05) is 0 Å². The summed E-state index contributed by atoms with van der Waals surface area (Å²) in [4.78, 5) is 4.20. The fourth-order valence-corrected chi connectivity index (χ4v) is 4.16. The van der Waals surface area contributed by atoms with E-state index in [1.54, 1.807) is 36.7 Å². The van der Waals surface area contributed by atoms with Gasteiger partial charge in [0.25, 0.3) is 0 Å². The standard InChI is InChI=1S/C23H22N4O2S/c1-3-16-14-19(22-15(2)26-27-23(22)18-10-12-25-13-11-18)6-9-21(16)17-4-7-20(8-5-17)30(24,28)29/h4-14H,3H2,1-2H3,(H,26,27)(H2,24,28,29). The van der Waals surface area contributed by atoms with Crippen molar-refractivity contribution in [3.8, 4) is 33.5 Å². The van der Waals surface area contributed by atoms with Gasteiger partial charge in [-0.2, -0.15) is 5.10 Å². The first-order valence-electron chi connectivity index (χ1n) is 9.60. The summed E-state index contributed by atoms with van der Waals surface area (Å²) in [5, 5.41) is 12.8. The lowest BCUT2D eigenvalue weighted by Gasteiger charge is -2.12. The van der Waals surface area contributed by atoms with Crippen LogP contribution in [0.4, 0.5) is 0 Å². The summed E-state index contributed by atoms with van der Waals surface area (Å²) in [6.45, 7) is 4.12. The van der Waals surface area contributed by atoms with Crippen LogP contribution in [0.1, 0.15) is 18.2 Å². The van der Waals surface area contributed by atoms with E-state index in [0.29, 0.717) is 0 Å². The molecule has 0 bridgehead atoms. The van der Waals surface area contributed by atoms with E-state index in [4.69, 9.17) is 5.14 Å². The maximum Gasteiger partial charge on any atom is 0.238 e. The third-order valence-corrected chi connectivity index (χ3v) is 6.10. The van der Waals surface area contributed by atoms with Crippen molar-refractivity contribution < 1.29 is 8.42 Å². The van der Waals surface area contributed by atoms with Gasteiger partial charge in [0.15, 0.2) is 0 Å². The van der Waals surface area contributed by atoms with Gasteiger partial charge in [0.1, 0.15) is 5.69 Å². The van der Waals surface area contributed by atoms with Crippen LogP contribution in [0.2, 0.25) is 0 Å². The molecule has 2 aromatic carbocycles. The van der Waals surface area contributed by atoms with Gasteiger partial charge in [0, 0.05) is 29.2 Å². The van der Waals surface area contributed by atoms with Gasteiger partial charge in [-0.3, -0.25) is 10.1 Å². The summed E-state index contributed by atoms with van der Waals surface area (Å²) in [6, 6.07) is 16.9. The Labute approximate surface area is 175 Å². The predicted octanol–water partition coefficient (Wildman–Crippen LogP) is 4.32. The minimum Gasteiger partial charge on any atom is -0.282 e. The Kier molecular flexibility index (Phi) is 5.24. The number of H-pyrrole nitrogens is 1. The van der Waals surface area contributed by atoms with Gasteiger partial charge in [-0.25, -0.2) is 13.6 Å². The molecular weight excluding hydrogens is 396 g/mol. The molecule has 3 N–H and O–H groups in total. The number of nitrogens with two attached hydrogens (primary N) is 1. The summed E-state index contributed by atoms with van der Waals surface area (Å²) in [5.74, 6) is 0. The Morgan fingerprint density at radius 3 is 2.23 bits per heavy atom. The molecule has 0 aliphatic heterocycles. The summed E-state index contributed by atoms with van der Waals surface area (Å²) in [7, 11) is -3.70. The molecule has 6 nitrogen and oxygen atoms in total. The topological polar surface area (TPSA) is 102 Å². The highest BCUT2D eigenvalue weighted by Gasteiger charge is 2.16. The molecule has 0 saturated carbocycles. The zero-order valence-corrected chi connectivity index (χ0v) is 17.6. The smallest absolute Gasteiger partial charge is 0.238 e. The van der Waals surface area contributed by atoms with Crippen LogP contribution < -0.4 is 5.14 Å². The molecule has 4 aromatic rings. The van der Waals surface area contributed by atoms with Gasteiger partial charge in [-0.15, -0.1) is 0 Å². The molecule has 0 spiro atoms. The van der Waals surface area contributed by atoms with Gasteiger partial charge in [-0.1, -0.05) is 37.3 Å². The van der Waals surface area contributed by atoms with Gasteiger partial charge < -0.3 is 0 Å². The molecule has 2 aromatic heterocycles. The largest absolute Gasteiger partial charge is 0.282 e. The number of aromatic nitrogens is 3. The van der Waals surface area contributed by atoms with Gasteiger partial charge in [0.05, 0.1) is 4.90 Å². The van der Waals surface area contributed by atoms with Gasteiger partial charge >= 0.3 is 0 Å². The molecule has 0 atom stereocenters. The van der Waals surface area contributed by atoms with Crippen molar-refractivity contribution in [2.45, 2.75) is 25.2 Å². The first-order chi connectivity index (χ1) is 14.4. The highest BCUT2D eigenvalue weighted by molar-refractivity contribution is 7.89. The highest BCUT2D eigenvalue weighted by atomic mass is 32.2. The normalized spacial score (nSPS) is 11.6. The third-order valence-electron chi connectivity index (χ3n) is 5.17. The van der Waals surface area contributed by atoms with E-state index in [1.165, 1.54) is 0 Å². The average molecular weight is 419 g/mol. The molecule has 0 unspecified atom stereocenters. The summed E-state index contributed by atoms with van der Waals surface area (Å²) in [6.07, 6.45) is 4.35. The summed E-state index contributed by atoms with van der Waals surface area (Å²) < 4.78 is 23.1. The lowest BCUT2D eigenvalue weighted by molar-refractivity contribution is 0.598. The van der Waals surface area contributed by atoms with Gasteiger partial charge in [-0.05, 0) is 59.9 Å². The molecule has 152 valence electrons. The molecular formula is C23H22N4O2S. The maximum atomic E-state index is 11.5. The molecule has 4 rings (SSSR count). The SMILES string of the molecule is CCc1cc(-c2c(-c3ccncc3)n[nH]c2C)ccc1-c1ccc(S(N)(=O)=O)cc1. The molecule has 0 aliphatic carbocycles. The second-order valence-corrected chi connectivity index (χ2v) is 8.66. The average Bonchev–Trinajstić information content (AvgIpc) is 3.15. The Morgan fingerprint density at radius 2 is 1.60 bits per heavy atom. The van der Waals surface area contributed by atoms with E-state index >= 15 is 0 Å². The first kappa shape index (κ1) is 20.0. The number of aryl methyl sites for hydroxylation is 2. The summed E-state index contributed by atoms with van der Waals surface area (Å²) >= 11 is 0. The van der Waals surface area contributed by atoms with E-state index in [0.717, 1.165) is 51.2 Å². The number of hydrogen-bond donors (Lipinski definition) is 2. The van der Waals surface area contributed by atoms with E-state index in [1.807, 2.05) is 19.1 Å². The van der Waals surface area contributed by atoms with Crippen molar-refractivity contribution in [1.29, 1.82) is 0 Å². The zero-order chi connectivity index (χ0) is 21.3. The number of aromatic amines is 1. The summed E-state index contributed by atoms with van der Waals surface area (Å²) in [5.41, 5.74) is 8.21. The number of rotatable bonds is 5. The van der Waals surface area contributed by atoms with E-state index in [2.05, 4.69) is 40.3 Å². The van der Waals surface area contributed by atoms with Crippen LogP contribution in [-0.2, 0) is 16.4 Å². The fraction of sp³-hybridized carbons (Fsp3) is 0.130. The van der Waals surface area contributed by atoms with Crippen LogP contribution >= 0.6 is 0 Å². The number of primary sulfonamides is 1. The molecule has 30 heavy (non-hydrogen) atoms. The van der Waals surface area contributed by atoms with Crippen LogP contribution in [0.15, 0.2) is 71.9 Å². The molecule has 2 heterocycles. The quantitative estimate of drug-likeness (QED) is 0.504. The number of nitrogens with one attached hydrogen (secondary N) is 1. The molecule has 0 radical (unpaired) electrons. The Morgan fingerprint density at radius 1 is 0.933 bits per heavy atom. The maximum absolute atomic E-state index is 11.5. The number of sulfonamides is 1. The molecule has 0 fully saturated rings. The van der Waals surface area contributed by atoms with Crippen molar-refractivity contribution in [3.05, 3.63) is 78.2 Å². The molecule has 0 amide bonds. The lowest BCUT2D eigenvalue weighted by Crippen LogP contribution is -2.11. The van der Waals surface area contributed by atoms with Crippen LogP contribution in [0.25, 0.3) is 33.5 Å². The monoisotopic (exact) mass is 418 g/mol. The van der Waals surface area contributed by atoms with E-state index < -0.39 is 10.0 Å². The number of nitrogens with zero attached hydrogens (tertiary/aromatic N) is 2. The Bertz CT molecular complexity index is 1300. The predicted molar refractivity (Wildman–Crippen MR) is 118 cm³/mol. The zero-order valence-electron chi connectivity index (χ0n) is 16.8. The van der Waals surface area contributed by atoms with Crippen LogP contribution in [0.3, 0.4) is 0 Å². The number of benzene rings is 2. The highest BCUT2D eigenvalue weighted by Crippen LogP contribution is 2.36. The molecule has 0 saturated heterocycles. The number of pyridine rings is 1. The first-order valence-corrected chi connectivity index (χ1v) is 11.1. The third kappa shape index (κ3) is 3.77. The number of hydrogen-bond acceptors (Lipinski definition) is 4. The lowest BCUT2D eigenvalue weighted by atomic mass is 9.92. The molecule has 0 aliphatic rings. The minimum absolute atomic E-state index is 0.108.